The van der Waals surface area contributed by atoms with Gasteiger partial charge in [0.05, 0.1) is 17.8 Å². The molecule has 9 heteroatoms. The number of amides is 2. The number of rotatable bonds is 6. The normalized spacial score (nSPS) is 15.4. The summed E-state index contributed by atoms with van der Waals surface area (Å²) < 4.78 is 6.53. The van der Waals surface area contributed by atoms with Gasteiger partial charge in [0.1, 0.15) is 6.54 Å². The van der Waals surface area contributed by atoms with Gasteiger partial charge in [-0.2, -0.15) is 10.1 Å². The maximum absolute atomic E-state index is 12.5. The molecule has 144 valence electrons. The van der Waals surface area contributed by atoms with Gasteiger partial charge in [-0.3, -0.25) is 14.3 Å². The van der Waals surface area contributed by atoms with Gasteiger partial charge < -0.3 is 15.6 Å². The highest BCUT2D eigenvalue weighted by atomic mass is 16.5. The van der Waals surface area contributed by atoms with Crippen LogP contribution >= 0.6 is 0 Å². The summed E-state index contributed by atoms with van der Waals surface area (Å²) in [5.74, 6) is 0.443. The smallest absolute Gasteiger partial charge is 0.254 e. The molecule has 0 saturated carbocycles. The highest BCUT2D eigenvalue weighted by molar-refractivity contribution is 5.94. The van der Waals surface area contributed by atoms with Crippen LogP contribution in [-0.4, -0.2) is 31.7 Å². The van der Waals surface area contributed by atoms with Crippen LogP contribution in [0.2, 0.25) is 0 Å². The number of nitrogens with two attached hydrogens (primary N) is 1. The zero-order valence-electron chi connectivity index (χ0n) is 15.4. The zero-order valence-corrected chi connectivity index (χ0v) is 15.4. The Bertz CT molecular complexity index is 1040. The van der Waals surface area contributed by atoms with Crippen molar-refractivity contribution in [3.05, 3.63) is 53.2 Å². The van der Waals surface area contributed by atoms with E-state index in [4.69, 9.17) is 10.3 Å². The number of primary amides is 1. The highest BCUT2D eigenvalue weighted by Crippen LogP contribution is 2.33. The Labute approximate surface area is 160 Å². The van der Waals surface area contributed by atoms with Crippen LogP contribution < -0.4 is 11.1 Å². The van der Waals surface area contributed by atoms with Gasteiger partial charge in [0.2, 0.25) is 17.6 Å². The van der Waals surface area contributed by atoms with Crippen LogP contribution in [0.25, 0.3) is 11.4 Å². The predicted octanol–water partition coefficient (Wildman–Crippen LogP) is 1.40. The number of hydrogen-bond acceptors (Lipinski definition) is 6. The summed E-state index contributed by atoms with van der Waals surface area (Å²) in [6, 6.07) is 5.92. The summed E-state index contributed by atoms with van der Waals surface area (Å²) in [6.45, 7) is 1.91. The molecule has 0 aliphatic heterocycles. The molecule has 1 atom stereocenters. The number of nitrogens with zero attached hydrogens (tertiary/aromatic N) is 4. The summed E-state index contributed by atoms with van der Waals surface area (Å²) in [4.78, 5) is 27.8. The molecule has 4 rings (SSSR count). The summed E-state index contributed by atoms with van der Waals surface area (Å²) in [5.41, 5.74) is 8.69. The van der Waals surface area contributed by atoms with Crippen molar-refractivity contribution in [2.45, 2.75) is 38.8 Å². The standard InChI is InChI=1S/C19H20N6O3/c1-2-17-23-18(24-28-17)12-3-5-14-11(7-12)4-6-15(14)22-19(27)13-8-21-25(9-13)10-16(20)26/h3,5,7-9,15H,2,4,6,10H2,1H3,(H2,20,26)(H,22,27)/t15-/m1/s1. The molecule has 0 spiro atoms. The highest BCUT2D eigenvalue weighted by Gasteiger charge is 2.25. The molecule has 2 aromatic heterocycles. The Kier molecular flexibility index (Phi) is 4.64. The quantitative estimate of drug-likeness (QED) is 0.665. The van der Waals surface area contributed by atoms with Gasteiger partial charge in [0.15, 0.2) is 0 Å². The number of carbonyl (C=O) groups is 2. The summed E-state index contributed by atoms with van der Waals surface area (Å²) in [6.07, 6.45) is 5.31. The van der Waals surface area contributed by atoms with Gasteiger partial charge in [-0.05, 0) is 30.0 Å². The van der Waals surface area contributed by atoms with Crippen molar-refractivity contribution in [1.29, 1.82) is 0 Å². The maximum Gasteiger partial charge on any atom is 0.254 e. The number of fused-ring (bicyclic) bond motifs is 1. The fourth-order valence-electron chi connectivity index (χ4n) is 3.39. The van der Waals surface area contributed by atoms with Gasteiger partial charge >= 0.3 is 0 Å². The fourth-order valence-corrected chi connectivity index (χ4v) is 3.39. The number of aryl methyl sites for hydroxylation is 2. The third kappa shape index (κ3) is 3.51. The first kappa shape index (κ1) is 17.9. The molecule has 3 N–H and O–H groups in total. The molecule has 0 saturated heterocycles. The molecule has 9 nitrogen and oxygen atoms in total. The van der Waals surface area contributed by atoms with Crippen molar-refractivity contribution in [3.8, 4) is 11.4 Å². The predicted molar refractivity (Wildman–Crippen MR) is 99.1 cm³/mol. The molecule has 2 amide bonds. The van der Waals surface area contributed by atoms with Crippen LogP contribution in [0.5, 0.6) is 0 Å². The number of carbonyl (C=O) groups excluding carboxylic acids is 2. The van der Waals surface area contributed by atoms with Crippen LogP contribution in [0.1, 0.15) is 46.8 Å². The van der Waals surface area contributed by atoms with Crippen LogP contribution in [0, 0.1) is 0 Å². The van der Waals surface area contributed by atoms with Crippen molar-refractivity contribution in [2.75, 3.05) is 0 Å². The van der Waals surface area contributed by atoms with E-state index in [2.05, 4.69) is 26.6 Å². The second-order valence-electron chi connectivity index (χ2n) is 6.74. The minimum atomic E-state index is -0.511. The molecule has 1 aliphatic rings. The Hall–Kier alpha value is -3.49. The van der Waals surface area contributed by atoms with Crippen molar-refractivity contribution in [2.24, 2.45) is 5.73 Å². The monoisotopic (exact) mass is 380 g/mol. The third-order valence-corrected chi connectivity index (χ3v) is 4.77. The minimum Gasteiger partial charge on any atom is -0.368 e. The Morgan fingerprint density at radius 2 is 2.25 bits per heavy atom. The zero-order chi connectivity index (χ0) is 19.7. The number of hydrogen-bond donors (Lipinski definition) is 2. The first-order valence-electron chi connectivity index (χ1n) is 9.11. The van der Waals surface area contributed by atoms with E-state index in [1.165, 1.54) is 17.1 Å². The van der Waals surface area contributed by atoms with Gasteiger partial charge in [0.25, 0.3) is 5.91 Å². The van der Waals surface area contributed by atoms with Crippen LogP contribution in [0.3, 0.4) is 0 Å². The van der Waals surface area contributed by atoms with Crippen molar-refractivity contribution in [3.63, 3.8) is 0 Å². The molecule has 0 bridgehead atoms. The van der Waals surface area contributed by atoms with E-state index >= 15 is 0 Å². The molecular weight excluding hydrogens is 360 g/mol. The van der Waals surface area contributed by atoms with Gasteiger partial charge in [0, 0.05) is 18.2 Å². The molecule has 0 fully saturated rings. The van der Waals surface area contributed by atoms with E-state index in [-0.39, 0.29) is 18.5 Å². The Morgan fingerprint density at radius 3 is 3.00 bits per heavy atom. The molecule has 1 aliphatic carbocycles. The molecular formula is C19H20N6O3. The molecule has 0 unspecified atom stereocenters. The first-order chi connectivity index (χ1) is 13.5. The average molecular weight is 380 g/mol. The van der Waals surface area contributed by atoms with E-state index < -0.39 is 5.91 Å². The van der Waals surface area contributed by atoms with Crippen molar-refractivity contribution >= 4 is 11.8 Å². The van der Waals surface area contributed by atoms with E-state index in [1.54, 1.807) is 0 Å². The van der Waals surface area contributed by atoms with E-state index in [0.29, 0.717) is 23.7 Å². The SMILES string of the molecule is CCc1nc(-c2ccc3c(c2)CC[C@H]3NC(=O)c2cnn(CC(N)=O)c2)no1. The topological polar surface area (TPSA) is 129 Å². The number of benzene rings is 1. The number of aromatic nitrogens is 4. The lowest BCUT2D eigenvalue weighted by molar-refractivity contribution is -0.118. The third-order valence-electron chi connectivity index (χ3n) is 4.77. The van der Waals surface area contributed by atoms with E-state index in [0.717, 1.165) is 29.5 Å². The lowest BCUT2D eigenvalue weighted by Gasteiger charge is -2.13. The van der Waals surface area contributed by atoms with E-state index in [9.17, 15) is 9.59 Å². The molecule has 3 aromatic rings. The van der Waals surface area contributed by atoms with Crippen LogP contribution in [0.4, 0.5) is 0 Å². The van der Waals surface area contributed by atoms with Crippen molar-refractivity contribution < 1.29 is 14.1 Å². The van der Waals surface area contributed by atoms with Crippen LogP contribution in [0.15, 0.2) is 35.1 Å². The number of nitrogens with one attached hydrogen (secondary N) is 1. The lowest BCUT2D eigenvalue weighted by Crippen LogP contribution is -2.27. The fraction of sp³-hybridized carbons (Fsp3) is 0.316. The van der Waals surface area contributed by atoms with E-state index in [1.807, 2.05) is 19.1 Å². The van der Waals surface area contributed by atoms with Gasteiger partial charge in [-0.25, -0.2) is 0 Å². The second-order valence-corrected chi connectivity index (χ2v) is 6.74. The lowest BCUT2D eigenvalue weighted by atomic mass is 10.0. The largest absolute Gasteiger partial charge is 0.368 e. The Morgan fingerprint density at radius 1 is 1.39 bits per heavy atom. The Balaban J connectivity index is 1.48. The maximum atomic E-state index is 12.5. The molecule has 2 heterocycles. The molecule has 0 radical (unpaired) electrons. The summed E-state index contributed by atoms with van der Waals surface area (Å²) >= 11 is 0. The molecule has 28 heavy (non-hydrogen) atoms. The minimum absolute atomic E-state index is 0.0574. The molecule has 1 aromatic carbocycles. The first-order valence-corrected chi connectivity index (χ1v) is 9.11. The van der Waals surface area contributed by atoms with Crippen LogP contribution in [-0.2, 0) is 24.2 Å². The van der Waals surface area contributed by atoms with Crippen molar-refractivity contribution in [1.82, 2.24) is 25.2 Å². The van der Waals surface area contributed by atoms with Gasteiger partial charge in [-0.1, -0.05) is 24.2 Å². The summed E-state index contributed by atoms with van der Waals surface area (Å²) in [7, 11) is 0. The summed E-state index contributed by atoms with van der Waals surface area (Å²) in [5, 5.41) is 11.0. The van der Waals surface area contributed by atoms with Gasteiger partial charge in [-0.15, -0.1) is 0 Å². The second kappa shape index (κ2) is 7.26. The average Bonchev–Trinajstić information content (AvgIpc) is 3.40.